The van der Waals surface area contributed by atoms with Crippen molar-refractivity contribution in [2.75, 3.05) is 13.2 Å². The van der Waals surface area contributed by atoms with Crippen LogP contribution in [-0.4, -0.2) is 73.3 Å². The van der Waals surface area contributed by atoms with Crippen LogP contribution in [0.25, 0.3) is 0 Å². The Morgan fingerprint density at radius 3 is 2.22 bits per heavy atom. The fraction of sp³-hybridized carbons (Fsp3) is 0.889. The highest BCUT2D eigenvalue weighted by molar-refractivity contribution is 14.1. The molecular formula is C9H18INO7. The summed E-state index contributed by atoms with van der Waals surface area (Å²) < 4.78 is 3.80. The summed E-state index contributed by atoms with van der Waals surface area (Å²) in [7, 11) is 0. The van der Waals surface area contributed by atoms with Gasteiger partial charge >= 0.3 is 6.09 Å². The number of ether oxygens (including phenoxy) is 1. The van der Waals surface area contributed by atoms with Gasteiger partial charge in [-0.2, -0.15) is 0 Å². The molecule has 4 unspecified atom stereocenters. The molecule has 9 heteroatoms. The number of aliphatic hydroxyl groups excluding tert-OH is 4. The fourth-order valence-electron chi connectivity index (χ4n) is 1.18. The lowest BCUT2D eigenvalue weighted by atomic mass is 10.0. The molecule has 0 aliphatic carbocycles. The van der Waals surface area contributed by atoms with E-state index in [0.29, 0.717) is 0 Å². The van der Waals surface area contributed by atoms with E-state index in [1.54, 1.807) is 29.5 Å². The number of halogens is 1. The molecule has 0 rings (SSSR count). The smallest absolute Gasteiger partial charge is 0.407 e. The van der Waals surface area contributed by atoms with Crippen LogP contribution in [0.5, 0.6) is 0 Å². The minimum Gasteiger partial charge on any atom is -0.450 e. The quantitative estimate of drug-likeness (QED) is 0.170. The molecule has 8 nitrogen and oxygen atoms in total. The van der Waals surface area contributed by atoms with E-state index in [1.165, 1.54) is 0 Å². The zero-order valence-electron chi connectivity index (χ0n) is 9.73. The molecule has 0 aromatic heterocycles. The third kappa shape index (κ3) is 5.63. The van der Waals surface area contributed by atoms with Crippen molar-refractivity contribution in [3.63, 3.8) is 0 Å². The monoisotopic (exact) mass is 379 g/mol. The molecule has 0 aliphatic heterocycles. The highest BCUT2D eigenvalue weighted by Crippen LogP contribution is 2.13. The van der Waals surface area contributed by atoms with E-state index in [4.69, 9.17) is 15.3 Å². The molecule has 0 fully saturated rings. The first-order chi connectivity index (χ1) is 8.34. The lowest BCUT2D eigenvalue weighted by Gasteiger charge is -2.30. The van der Waals surface area contributed by atoms with Crippen LogP contribution in [0.1, 0.15) is 6.92 Å². The Balaban J connectivity index is 4.63. The number of rotatable bonds is 7. The number of carbonyl (C=O) groups is 1. The second-order valence-corrected chi connectivity index (χ2v) is 5.08. The number of amides is 1. The molecule has 4 atom stereocenters. The molecule has 0 saturated carbocycles. The van der Waals surface area contributed by atoms with Crippen LogP contribution in [0.3, 0.4) is 0 Å². The van der Waals surface area contributed by atoms with E-state index in [-0.39, 0.29) is 6.61 Å². The average Bonchev–Trinajstić information content (AvgIpc) is 2.33. The highest BCUT2D eigenvalue weighted by Gasteiger charge is 2.35. The molecule has 1 amide bonds. The van der Waals surface area contributed by atoms with Gasteiger partial charge in [0, 0.05) is 0 Å². The number of alkyl halides is 1. The maximum absolute atomic E-state index is 11.1. The standard InChI is InChI=1S/C9H18INO7/c1-2-18-9(17)11-5(8(15)16)7(14)6(13)4(10)3-12/h4-8,12-16H,2-3H2,1H3,(H,11,17). The predicted molar refractivity (Wildman–Crippen MR) is 69.1 cm³/mol. The van der Waals surface area contributed by atoms with Gasteiger partial charge in [0.15, 0.2) is 6.29 Å². The summed E-state index contributed by atoms with van der Waals surface area (Å²) in [6.45, 7) is 1.22. The van der Waals surface area contributed by atoms with Gasteiger partial charge in [0.2, 0.25) is 0 Å². The van der Waals surface area contributed by atoms with E-state index in [2.05, 4.69) is 4.74 Å². The first-order valence-electron chi connectivity index (χ1n) is 5.25. The summed E-state index contributed by atoms with van der Waals surface area (Å²) in [4.78, 5) is 11.1. The largest absolute Gasteiger partial charge is 0.450 e. The van der Waals surface area contributed by atoms with E-state index in [1.807, 2.05) is 5.32 Å². The Morgan fingerprint density at radius 1 is 1.28 bits per heavy atom. The van der Waals surface area contributed by atoms with Crippen LogP contribution in [0, 0.1) is 0 Å². The Bertz CT molecular complexity index is 253. The first kappa shape index (κ1) is 17.8. The molecule has 0 aromatic rings. The van der Waals surface area contributed by atoms with Gasteiger partial charge in [-0.05, 0) is 6.92 Å². The van der Waals surface area contributed by atoms with Crippen molar-refractivity contribution >= 4 is 28.7 Å². The van der Waals surface area contributed by atoms with Crippen LogP contribution >= 0.6 is 22.6 Å². The number of carbonyl (C=O) groups excluding carboxylic acids is 1. The van der Waals surface area contributed by atoms with Crippen LogP contribution in [0.2, 0.25) is 0 Å². The number of nitrogens with one attached hydrogen (secondary N) is 1. The molecule has 6 N–H and O–H groups in total. The third-order valence-electron chi connectivity index (χ3n) is 2.14. The summed E-state index contributed by atoms with van der Waals surface area (Å²) in [6.07, 6.45) is -6.13. The van der Waals surface area contributed by atoms with E-state index in [9.17, 15) is 15.0 Å². The van der Waals surface area contributed by atoms with Crippen molar-refractivity contribution in [3.8, 4) is 0 Å². The molecule has 0 spiro atoms. The summed E-state index contributed by atoms with van der Waals surface area (Å²) in [5.74, 6) is 0. The second-order valence-electron chi connectivity index (χ2n) is 3.48. The fourth-order valence-corrected chi connectivity index (χ4v) is 1.60. The lowest BCUT2D eigenvalue weighted by molar-refractivity contribution is -0.118. The summed E-state index contributed by atoms with van der Waals surface area (Å²) in [6, 6.07) is -1.53. The van der Waals surface area contributed by atoms with E-state index in [0.717, 1.165) is 0 Å². The highest BCUT2D eigenvalue weighted by atomic mass is 127. The third-order valence-corrected chi connectivity index (χ3v) is 3.27. The van der Waals surface area contributed by atoms with Gasteiger partial charge in [0.1, 0.15) is 12.1 Å². The van der Waals surface area contributed by atoms with Crippen LogP contribution in [-0.2, 0) is 4.74 Å². The second kappa shape index (κ2) is 8.82. The van der Waals surface area contributed by atoms with Crippen LogP contribution in [0.15, 0.2) is 0 Å². The summed E-state index contributed by atoms with van der Waals surface area (Å²) >= 11 is 1.69. The topological polar surface area (TPSA) is 139 Å². The van der Waals surface area contributed by atoms with Crippen molar-refractivity contribution in [1.82, 2.24) is 5.32 Å². The maximum atomic E-state index is 11.1. The van der Waals surface area contributed by atoms with Gasteiger partial charge in [-0.15, -0.1) is 0 Å². The lowest BCUT2D eigenvalue weighted by Crippen LogP contribution is -2.56. The van der Waals surface area contributed by atoms with Crippen molar-refractivity contribution in [2.45, 2.75) is 35.4 Å². The maximum Gasteiger partial charge on any atom is 0.407 e. The van der Waals surface area contributed by atoms with Crippen LogP contribution in [0.4, 0.5) is 4.79 Å². The van der Waals surface area contributed by atoms with Crippen molar-refractivity contribution in [1.29, 1.82) is 0 Å². The van der Waals surface area contributed by atoms with Crippen molar-refractivity contribution in [2.24, 2.45) is 0 Å². The normalized spacial score (nSPS) is 18.0. The number of alkyl carbamates (subject to hydrolysis) is 1. The minimum absolute atomic E-state index is 0.0737. The summed E-state index contributed by atoms with van der Waals surface area (Å²) in [5.41, 5.74) is 0. The first-order valence-corrected chi connectivity index (χ1v) is 6.50. The van der Waals surface area contributed by atoms with Gasteiger partial charge in [-0.25, -0.2) is 4.79 Å². The Labute approximate surface area is 118 Å². The summed E-state index contributed by atoms with van der Waals surface area (Å²) in [5, 5.41) is 48.3. The number of aliphatic hydroxyl groups is 5. The van der Waals surface area contributed by atoms with E-state index < -0.39 is 41.2 Å². The van der Waals surface area contributed by atoms with Gasteiger partial charge in [-0.3, -0.25) is 0 Å². The van der Waals surface area contributed by atoms with Gasteiger partial charge < -0.3 is 35.6 Å². The van der Waals surface area contributed by atoms with Gasteiger partial charge in [0.25, 0.3) is 0 Å². The van der Waals surface area contributed by atoms with E-state index >= 15 is 0 Å². The molecule has 0 aliphatic rings. The molecule has 0 heterocycles. The van der Waals surface area contributed by atoms with Crippen LogP contribution < -0.4 is 5.32 Å². The molecule has 0 aromatic carbocycles. The minimum atomic E-state index is -2.08. The zero-order chi connectivity index (χ0) is 14.3. The molecule has 0 radical (unpaired) electrons. The molecule has 0 saturated heterocycles. The molecular weight excluding hydrogens is 361 g/mol. The van der Waals surface area contributed by atoms with Gasteiger partial charge in [0.05, 0.1) is 23.2 Å². The Kier molecular flexibility index (Phi) is 8.73. The van der Waals surface area contributed by atoms with Crippen molar-refractivity contribution in [3.05, 3.63) is 0 Å². The Morgan fingerprint density at radius 2 is 1.83 bits per heavy atom. The molecule has 0 bridgehead atoms. The molecule has 18 heavy (non-hydrogen) atoms. The SMILES string of the molecule is CCOC(=O)NC(C(O)O)C(O)C(O)C(I)CO. The molecule has 108 valence electrons. The van der Waals surface area contributed by atoms with Crippen molar-refractivity contribution < 1.29 is 35.1 Å². The van der Waals surface area contributed by atoms with Gasteiger partial charge in [-0.1, -0.05) is 22.6 Å². The number of hydrogen-bond acceptors (Lipinski definition) is 7. The predicted octanol–water partition coefficient (Wildman–Crippen LogP) is -2.07. The zero-order valence-corrected chi connectivity index (χ0v) is 11.9. The number of hydrogen-bond donors (Lipinski definition) is 6. The Hall–Kier alpha value is -0.200. The average molecular weight is 379 g/mol.